The average molecular weight is 296 g/mol. The Morgan fingerprint density at radius 2 is 1.76 bits per heavy atom. The van der Waals surface area contributed by atoms with Crippen molar-refractivity contribution < 1.29 is 9.53 Å². The van der Waals surface area contributed by atoms with E-state index in [1.165, 1.54) is 25.7 Å². The lowest BCUT2D eigenvalue weighted by molar-refractivity contribution is -0.121. The lowest BCUT2D eigenvalue weighted by atomic mass is 9.69. The lowest BCUT2D eigenvalue weighted by Crippen LogP contribution is -2.49. The molecular weight excluding hydrogens is 264 g/mol. The Morgan fingerprint density at radius 3 is 2.43 bits per heavy atom. The quantitative estimate of drug-likeness (QED) is 0.838. The van der Waals surface area contributed by atoms with Gasteiger partial charge >= 0.3 is 0 Å². The molecule has 0 bridgehead atoms. The van der Waals surface area contributed by atoms with Gasteiger partial charge in [-0.2, -0.15) is 0 Å². The van der Waals surface area contributed by atoms with Crippen LogP contribution in [0.4, 0.5) is 0 Å². The van der Waals surface area contributed by atoms with Crippen molar-refractivity contribution in [3.05, 3.63) is 0 Å². The van der Waals surface area contributed by atoms with Gasteiger partial charge in [0, 0.05) is 25.3 Å². The van der Waals surface area contributed by atoms with Crippen LogP contribution < -0.4 is 10.6 Å². The number of carbonyl (C=O) groups is 1. The number of nitrogens with one attached hydrogen (secondary N) is 2. The molecule has 21 heavy (non-hydrogen) atoms. The van der Waals surface area contributed by atoms with Gasteiger partial charge < -0.3 is 15.4 Å². The van der Waals surface area contributed by atoms with E-state index in [0.29, 0.717) is 30.0 Å². The van der Waals surface area contributed by atoms with E-state index in [-0.39, 0.29) is 5.91 Å². The molecule has 122 valence electrons. The topological polar surface area (TPSA) is 50.4 Å². The standard InChI is InChI=1S/C17H32N2O2/c1-17(2,3)14-6-4-5-7-15(14)18-12-16(20)19-13-8-10-21-11-9-13/h13-15,18H,4-12H2,1-3H3,(H,19,20)/t14-,15+/m1/s1. The third-order valence-corrected chi connectivity index (χ3v) is 4.99. The van der Waals surface area contributed by atoms with Crippen molar-refractivity contribution in [2.45, 2.75) is 71.4 Å². The first kappa shape index (κ1) is 16.8. The minimum absolute atomic E-state index is 0.139. The zero-order chi connectivity index (χ0) is 15.3. The van der Waals surface area contributed by atoms with E-state index in [1.54, 1.807) is 0 Å². The molecule has 2 aliphatic rings. The largest absolute Gasteiger partial charge is 0.381 e. The number of carbonyl (C=O) groups excluding carboxylic acids is 1. The lowest BCUT2D eigenvalue weighted by Gasteiger charge is -2.41. The van der Waals surface area contributed by atoms with Gasteiger partial charge in [0.2, 0.25) is 5.91 Å². The minimum atomic E-state index is 0.139. The molecule has 0 radical (unpaired) electrons. The average Bonchev–Trinajstić information content (AvgIpc) is 2.45. The fourth-order valence-electron chi connectivity index (χ4n) is 3.76. The van der Waals surface area contributed by atoms with Crippen molar-refractivity contribution in [3.63, 3.8) is 0 Å². The summed E-state index contributed by atoms with van der Waals surface area (Å²) in [5, 5.41) is 6.65. The molecule has 0 unspecified atom stereocenters. The third-order valence-electron chi connectivity index (χ3n) is 4.99. The summed E-state index contributed by atoms with van der Waals surface area (Å²) in [5.74, 6) is 0.808. The molecule has 4 heteroatoms. The second kappa shape index (κ2) is 7.59. The number of hydrogen-bond acceptors (Lipinski definition) is 3. The van der Waals surface area contributed by atoms with Gasteiger partial charge in [-0.15, -0.1) is 0 Å². The molecule has 1 aliphatic heterocycles. The Hall–Kier alpha value is -0.610. The van der Waals surface area contributed by atoms with E-state index in [9.17, 15) is 4.79 Å². The number of amides is 1. The van der Waals surface area contributed by atoms with Crippen LogP contribution in [0.3, 0.4) is 0 Å². The summed E-state index contributed by atoms with van der Waals surface area (Å²) >= 11 is 0. The Bertz CT molecular complexity index is 332. The smallest absolute Gasteiger partial charge is 0.234 e. The van der Waals surface area contributed by atoms with Crippen molar-refractivity contribution in [2.24, 2.45) is 11.3 Å². The zero-order valence-corrected chi connectivity index (χ0v) is 13.9. The summed E-state index contributed by atoms with van der Waals surface area (Å²) in [6.07, 6.45) is 6.98. The summed E-state index contributed by atoms with van der Waals surface area (Å²) in [4.78, 5) is 12.1. The highest BCUT2D eigenvalue weighted by Gasteiger charge is 2.34. The molecule has 0 spiro atoms. The number of hydrogen-bond donors (Lipinski definition) is 2. The first-order chi connectivity index (χ1) is 9.97. The Kier molecular flexibility index (Phi) is 6.06. The van der Waals surface area contributed by atoms with Crippen LogP contribution in [0.15, 0.2) is 0 Å². The fraction of sp³-hybridized carbons (Fsp3) is 0.941. The van der Waals surface area contributed by atoms with Gasteiger partial charge in [-0.1, -0.05) is 33.6 Å². The highest BCUT2D eigenvalue weighted by atomic mass is 16.5. The summed E-state index contributed by atoms with van der Waals surface area (Å²) in [6.45, 7) is 8.95. The zero-order valence-electron chi connectivity index (χ0n) is 13.9. The van der Waals surface area contributed by atoms with Crippen LogP contribution in [-0.2, 0) is 9.53 Å². The first-order valence-electron chi connectivity index (χ1n) is 8.57. The molecule has 1 saturated carbocycles. The highest BCUT2D eigenvalue weighted by molar-refractivity contribution is 5.78. The molecule has 1 heterocycles. The molecule has 2 N–H and O–H groups in total. The minimum Gasteiger partial charge on any atom is -0.381 e. The Labute approximate surface area is 129 Å². The molecule has 0 aromatic carbocycles. The maximum atomic E-state index is 12.1. The fourth-order valence-corrected chi connectivity index (χ4v) is 3.76. The normalized spacial score (nSPS) is 28.3. The molecule has 4 nitrogen and oxygen atoms in total. The summed E-state index contributed by atoms with van der Waals surface area (Å²) in [6, 6.07) is 0.789. The number of rotatable bonds is 4. The molecular formula is C17H32N2O2. The van der Waals surface area contributed by atoms with E-state index in [1.807, 2.05) is 0 Å². The highest BCUT2D eigenvalue weighted by Crippen LogP contribution is 2.37. The first-order valence-corrected chi connectivity index (χ1v) is 8.57. The van der Waals surface area contributed by atoms with Crippen molar-refractivity contribution in [1.29, 1.82) is 0 Å². The summed E-state index contributed by atoms with van der Waals surface area (Å²) in [5.41, 5.74) is 0.315. The van der Waals surface area contributed by atoms with Gasteiger partial charge in [0.05, 0.1) is 6.54 Å². The van der Waals surface area contributed by atoms with E-state index >= 15 is 0 Å². The van der Waals surface area contributed by atoms with Crippen LogP contribution in [-0.4, -0.2) is 37.7 Å². The van der Waals surface area contributed by atoms with Crippen LogP contribution in [0, 0.1) is 11.3 Å². The van der Waals surface area contributed by atoms with E-state index in [0.717, 1.165) is 26.1 Å². The Morgan fingerprint density at radius 1 is 1.10 bits per heavy atom. The van der Waals surface area contributed by atoms with Gasteiger partial charge in [-0.25, -0.2) is 0 Å². The van der Waals surface area contributed by atoms with Crippen molar-refractivity contribution in [2.75, 3.05) is 19.8 Å². The van der Waals surface area contributed by atoms with Crippen molar-refractivity contribution >= 4 is 5.91 Å². The van der Waals surface area contributed by atoms with Crippen LogP contribution in [0.5, 0.6) is 0 Å². The second-order valence-electron chi connectivity index (χ2n) is 7.70. The monoisotopic (exact) mass is 296 g/mol. The van der Waals surface area contributed by atoms with Gasteiger partial charge in [0.15, 0.2) is 0 Å². The molecule has 1 aliphatic carbocycles. The molecule has 1 amide bonds. The number of ether oxygens (including phenoxy) is 1. The second-order valence-corrected chi connectivity index (χ2v) is 7.70. The van der Waals surface area contributed by atoms with Crippen LogP contribution in [0.25, 0.3) is 0 Å². The van der Waals surface area contributed by atoms with E-state index < -0.39 is 0 Å². The third kappa shape index (κ3) is 5.26. The molecule has 2 fully saturated rings. The van der Waals surface area contributed by atoms with Gasteiger partial charge in [-0.05, 0) is 37.0 Å². The Balaban J connectivity index is 1.76. The maximum absolute atomic E-state index is 12.1. The molecule has 0 aromatic rings. The molecule has 0 aromatic heterocycles. The van der Waals surface area contributed by atoms with Gasteiger partial charge in [-0.3, -0.25) is 4.79 Å². The maximum Gasteiger partial charge on any atom is 0.234 e. The van der Waals surface area contributed by atoms with Crippen LogP contribution >= 0.6 is 0 Å². The summed E-state index contributed by atoms with van der Waals surface area (Å²) in [7, 11) is 0. The van der Waals surface area contributed by atoms with Crippen molar-refractivity contribution in [3.8, 4) is 0 Å². The van der Waals surface area contributed by atoms with Gasteiger partial charge in [0.25, 0.3) is 0 Å². The van der Waals surface area contributed by atoms with E-state index in [2.05, 4.69) is 31.4 Å². The molecule has 2 rings (SSSR count). The van der Waals surface area contributed by atoms with Crippen molar-refractivity contribution in [1.82, 2.24) is 10.6 Å². The predicted molar refractivity (Wildman–Crippen MR) is 85.2 cm³/mol. The molecule has 1 saturated heterocycles. The predicted octanol–water partition coefficient (Wildman–Crippen LogP) is 2.48. The molecule has 2 atom stereocenters. The SMILES string of the molecule is CC(C)(C)[C@@H]1CCCC[C@@H]1NCC(=O)NC1CCOCC1. The summed E-state index contributed by atoms with van der Waals surface area (Å²) < 4.78 is 5.32. The van der Waals surface area contributed by atoms with Crippen LogP contribution in [0.2, 0.25) is 0 Å². The van der Waals surface area contributed by atoms with Crippen LogP contribution in [0.1, 0.15) is 59.3 Å². The van der Waals surface area contributed by atoms with Gasteiger partial charge in [0.1, 0.15) is 0 Å². The van der Waals surface area contributed by atoms with E-state index in [4.69, 9.17) is 4.74 Å².